The van der Waals surface area contributed by atoms with Crippen LogP contribution in [0.1, 0.15) is 36.8 Å². The highest BCUT2D eigenvalue weighted by molar-refractivity contribution is 9.10. The molecule has 0 aliphatic heterocycles. The summed E-state index contributed by atoms with van der Waals surface area (Å²) in [7, 11) is 0. The van der Waals surface area contributed by atoms with E-state index in [4.69, 9.17) is 4.98 Å². The molecular weight excluding hydrogens is 342 g/mol. The summed E-state index contributed by atoms with van der Waals surface area (Å²) in [5.74, 6) is 1.16. The van der Waals surface area contributed by atoms with Gasteiger partial charge in [-0.25, -0.2) is 9.97 Å². The third-order valence-corrected chi connectivity index (χ3v) is 4.20. The number of fused-ring (bicyclic) bond motifs is 1. The number of halogens is 1. The summed E-state index contributed by atoms with van der Waals surface area (Å²) >= 11 is 3.46. The second kappa shape index (κ2) is 5.39. The van der Waals surface area contributed by atoms with Gasteiger partial charge < -0.3 is 5.11 Å². The molecule has 5 heteroatoms. The molecule has 0 aliphatic carbocycles. The van der Waals surface area contributed by atoms with Crippen molar-refractivity contribution in [2.45, 2.75) is 33.6 Å². The Bertz CT molecular complexity index is 868. The molecule has 4 nitrogen and oxygen atoms in total. The molecule has 0 amide bonds. The topological polar surface area (TPSA) is 50.4 Å². The SMILES string of the molecule is Cc1cc(C)n2c(C(C)C)c(-c3cc(Br)ccc3O)nc2n1. The minimum atomic E-state index is 0.225. The van der Waals surface area contributed by atoms with Crippen molar-refractivity contribution in [3.63, 3.8) is 0 Å². The highest BCUT2D eigenvalue weighted by atomic mass is 79.9. The van der Waals surface area contributed by atoms with Crippen LogP contribution in [0.3, 0.4) is 0 Å². The highest BCUT2D eigenvalue weighted by Crippen LogP contribution is 2.36. The fourth-order valence-corrected chi connectivity index (χ4v) is 3.19. The molecule has 3 aromatic rings. The number of hydrogen-bond donors (Lipinski definition) is 1. The van der Waals surface area contributed by atoms with Gasteiger partial charge >= 0.3 is 0 Å². The van der Waals surface area contributed by atoms with Crippen LogP contribution in [-0.2, 0) is 0 Å². The monoisotopic (exact) mass is 359 g/mol. The van der Waals surface area contributed by atoms with E-state index in [1.807, 2.05) is 25.1 Å². The normalized spacial score (nSPS) is 11.5. The molecule has 22 heavy (non-hydrogen) atoms. The number of aromatic hydroxyl groups is 1. The molecule has 0 radical (unpaired) electrons. The molecule has 0 fully saturated rings. The lowest BCUT2D eigenvalue weighted by molar-refractivity contribution is 0.477. The van der Waals surface area contributed by atoms with Crippen LogP contribution >= 0.6 is 15.9 Å². The number of phenols is 1. The van der Waals surface area contributed by atoms with Gasteiger partial charge in [-0.15, -0.1) is 0 Å². The van der Waals surface area contributed by atoms with Crippen molar-refractivity contribution in [3.05, 3.63) is 45.8 Å². The lowest BCUT2D eigenvalue weighted by atomic mass is 10.0. The maximum Gasteiger partial charge on any atom is 0.235 e. The summed E-state index contributed by atoms with van der Waals surface area (Å²) < 4.78 is 2.99. The highest BCUT2D eigenvalue weighted by Gasteiger charge is 2.21. The average Bonchev–Trinajstić information content (AvgIpc) is 2.80. The predicted molar refractivity (Wildman–Crippen MR) is 91.4 cm³/mol. The number of imidazole rings is 1. The number of nitrogens with zero attached hydrogens (tertiary/aromatic N) is 3. The van der Waals surface area contributed by atoms with E-state index < -0.39 is 0 Å². The third-order valence-electron chi connectivity index (χ3n) is 3.70. The van der Waals surface area contributed by atoms with Crippen molar-refractivity contribution in [2.24, 2.45) is 0 Å². The van der Waals surface area contributed by atoms with Crippen LogP contribution in [0.2, 0.25) is 0 Å². The van der Waals surface area contributed by atoms with Crippen molar-refractivity contribution in [2.75, 3.05) is 0 Å². The summed E-state index contributed by atoms with van der Waals surface area (Å²) in [5.41, 5.74) is 4.61. The molecule has 3 rings (SSSR count). The quantitative estimate of drug-likeness (QED) is 0.726. The van der Waals surface area contributed by atoms with Crippen molar-refractivity contribution >= 4 is 21.7 Å². The maximum atomic E-state index is 10.3. The molecule has 2 aromatic heterocycles. The Morgan fingerprint density at radius 1 is 1.14 bits per heavy atom. The first-order valence-corrected chi connectivity index (χ1v) is 8.03. The van der Waals surface area contributed by atoms with Crippen LogP contribution < -0.4 is 0 Å². The molecule has 1 aromatic carbocycles. The van der Waals surface area contributed by atoms with E-state index in [9.17, 15) is 5.11 Å². The van der Waals surface area contributed by atoms with Gasteiger partial charge in [0.2, 0.25) is 5.78 Å². The summed E-state index contributed by atoms with van der Waals surface area (Å²) in [4.78, 5) is 9.24. The van der Waals surface area contributed by atoms with E-state index in [1.54, 1.807) is 6.07 Å². The Morgan fingerprint density at radius 3 is 2.55 bits per heavy atom. The average molecular weight is 360 g/mol. The van der Waals surface area contributed by atoms with Crippen LogP contribution in [0.25, 0.3) is 17.0 Å². The second-order valence-electron chi connectivity index (χ2n) is 5.84. The number of hydrogen-bond acceptors (Lipinski definition) is 3. The molecule has 2 heterocycles. The molecule has 0 unspecified atom stereocenters. The maximum absolute atomic E-state index is 10.3. The number of aryl methyl sites for hydroxylation is 2. The van der Waals surface area contributed by atoms with Crippen molar-refractivity contribution in [3.8, 4) is 17.0 Å². The zero-order chi connectivity index (χ0) is 16.0. The van der Waals surface area contributed by atoms with E-state index in [0.29, 0.717) is 5.78 Å². The van der Waals surface area contributed by atoms with E-state index >= 15 is 0 Å². The van der Waals surface area contributed by atoms with Crippen LogP contribution in [0.5, 0.6) is 5.75 Å². The first kappa shape index (κ1) is 15.0. The van der Waals surface area contributed by atoms with Crippen molar-refractivity contribution < 1.29 is 5.11 Å². The minimum absolute atomic E-state index is 0.225. The molecule has 0 aliphatic rings. The van der Waals surface area contributed by atoms with Crippen LogP contribution in [0, 0.1) is 13.8 Å². The summed E-state index contributed by atoms with van der Waals surface area (Å²) in [6.07, 6.45) is 0. The van der Waals surface area contributed by atoms with Gasteiger partial charge in [-0.1, -0.05) is 29.8 Å². The Hall–Kier alpha value is -1.88. The summed E-state index contributed by atoms with van der Waals surface area (Å²) in [6, 6.07) is 7.44. The van der Waals surface area contributed by atoms with E-state index in [2.05, 4.69) is 46.1 Å². The lowest BCUT2D eigenvalue weighted by Crippen LogP contribution is -2.02. The Balaban J connectivity index is 2.41. The van der Waals surface area contributed by atoms with Crippen LogP contribution in [0.15, 0.2) is 28.7 Å². The van der Waals surface area contributed by atoms with E-state index in [0.717, 1.165) is 32.8 Å². The van der Waals surface area contributed by atoms with Gasteiger partial charge in [0.05, 0.1) is 11.4 Å². The molecular formula is C17H18BrN3O. The predicted octanol–water partition coefficient (Wildman–Crippen LogP) is 4.60. The minimum Gasteiger partial charge on any atom is -0.507 e. The second-order valence-corrected chi connectivity index (χ2v) is 6.75. The van der Waals surface area contributed by atoms with Gasteiger partial charge in [0.1, 0.15) is 5.75 Å². The van der Waals surface area contributed by atoms with Gasteiger partial charge in [0.25, 0.3) is 0 Å². The first-order valence-electron chi connectivity index (χ1n) is 7.24. The van der Waals surface area contributed by atoms with Gasteiger partial charge in [0.15, 0.2) is 0 Å². The first-order chi connectivity index (χ1) is 10.4. The standard InChI is InChI=1S/C17H18BrN3O/c1-9(2)16-15(13-8-12(18)5-6-14(13)22)20-17-19-10(3)7-11(4)21(16)17/h5-9,22H,1-4H3. The fourth-order valence-electron chi connectivity index (χ4n) is 2.83. The van der Waals surface area contributed by atoms with Crippen LogP contribution in [0.4, 0.5) is 0 Å². The van der Waals surface area contributed by atoms with Gasteiger partial charge in [-0.05, 0) is 44.0 Å². The Morgan fingerprint density at radius 2 is 1.86 bits per heavy atom. The molecule has 0 saturated carbocycles. The molecule has 1 N–H and O–H groups in total. The van der Waals surface area contributed by atoms with E-state index in [-0.39, 0.29) is 11.7 Å². The number of phenolic OH excluding ortho intramolecular Hbond substituents is 1. The van der Waals surface area contributed by atoms with Crippen LogP contribution in [-0.4, -0.2) is 19.5 Å². The lowest BCUT2D eigenvalue weighted by Gasteiger charge is -2.11. The van der Waals surface area contributed by atoms with Crippen molar-refractivity contribution in [1.82, 2.24) is 14.4 Å². The molecule has 0 saturated heterocycles. The smallest absolute Gasteiger partial charge is 0.235 e. The van der Waals surface area contributed by atoms with Gasteiger partial charge in [-0.3, -0.25) is 4.40 Å². The zero-order valence-electron chi connectivity index (χ0n) is 13.1. The van der Waals surface area contributed by atoms with Gasteiger partial charge in [0, 0.05) is 21.4 Å². The molecule has 114 valence electrons. The fraction of sp³-hybridized carbons (Fsp3) is 0.294. The number of aromatic nitrogens is 3. The molecule has 0 bridgehead atoms. The molecule has 0 spiro atoms. The Labute approximate surface area is 138 Å². The number of rotatable bonds is 2. The van der Waals surface area contributed by atoms with E-state index in [1.165, 1.54) is 0 Å². The zero-order valence-corrected chi connectivity index (χ0v) is 14.6. The van der Waals surface area contributed by atoms with Crippen molar-refractivity contribution in [1.29, 1.82) is 0 Å². The van der Waals surface area contributed by atoms with Gasteiger partial charge in [-0.2, -0.15) is 0 Å². The molecule has 0 atom stereocenters. The summed E-state index contributed by atoms with van der Waals surface area (Å²) in [5, 5.41) is 10.3. The Kier molecular flexibility index (Phi) is 3.68. The third kappa shape index (κ3) is 2.39. The number of benzene rings is 1. The largest absolute Gasteiger partial charge is 0.507 e. The summed E-state index contributed by atoms with van der Waals surface area (Å²) in [6.45, 7) is 8.27.